The Balaban J connectivity index is 2.56. The van der Waals surface area contributed by atoms with Gasteiger partial charge in [0.2, 0.25) is 0 Å². The molecule has 0 saturated carbocycles. The smallest absolute Gasteiger partial charge is 0.135 e. The number of aryl methyl sites for hydroxylation is 1. The lowest BCUT2D eigenvalue weighted by Crippen LogP contribution is -1.99. The zero-order valence-corrected chi connectivity index (χ0v) is 10.2. The maximum Gasteiger partial charge on any atom is 0.135 e. The second-order valence-electron chi connectivity index (χ2n) is 4.04. The van der Waals surface area contributed by atoms with E-state index in [1.165, 1.54) is 18.4 Å². The second-order valence-corrected chi connectivity index (χ2v) is 4.90. The lowest BCUT2D eigenvalue weighted by atomic mass is 9.96. The summed E-state index contributed by atoms with van der Waals surface area (Å²) in [6, 6.07) is 2.00. The van der Waals surface area contributed by atoms with Crippen molar-refractivity contribution in [1.82, 2.24) is 0 Å². The van der Waals surface area contributed by atoms with Gasteiger partial charge in [0.25, 0.3) is 0 Å². The summed E-state index contributed by atoms with van der Waals surface area (Å²) < 4.78 is 0.701. The van der Waals surface area contributed by atoms with Crippen molar-refractivity contribution in [2.45, 2.75) is 38.7 Å². The van der Waals surface area contributed by atoms with Gasteiger partial charge >= 0.3 is 0 Å². The Kier molecular flexibility index (Phi) is 3.32. The van der Waals surface area contributed by atoms with Crippen molar-refractivity contribution >= 4 is 15.9 Å². The van der Waals surface area contributed by atoms with Crippen LogP contribution in [0.3, 0.4) is 0 Å². The summed E-state index contributed by atoms with van der Waals surface area (Å²) in [5.41, 5.74) is 3.15. The Morgan fingerprint density at radius 3 is 2.67 bits per heavy atom. The normalized spacial score (nSPS) is 15.9. The molecular formula is C12H15BrO2. The van der Waals surface area contributed by atoms with Crippen LogP contribution >= 0.6 is 15.9 Å². The highest BCUT2D eigenvalue weighted by Crippen LogP contribution is 2.36. The summed E-state index contributed by atoms with van der Waals surface area (Å²) in [6.45, 7) is -0.0758. The van der Waals surface area contributed by atoms with Gasteiger partial charge < -0.3 is 10.2 Å². The van der Waals surface area contributed by atoms with E-state index >= 15 is 0 Å². The predicted octanol–water partition coefficient (Wildman–Crippen LogP) is 2.92. The molecule has 0 aromatic heterocycles. The van der Waals surface area contributed by atoms with Crippen molar-refractivity contribution in [2.24, 2.45) is 0 Å². The molecule has 0 spiro atoms. The molecule has 0 unspecified atom stereocenters. The largest absolute Gasteiger partial charge is 0.506 e. The first-order chi connectivity index (χ1) is 7.24. The molecule has 0 fully saturated rings. The molecule has 3 heteroatoms. The monoisotopic (exact) mass is 270 g/mol. The van der Waals surface area contributed by atoms with E-state index in [1.807, 2.05) is 6.07 Å². The van der Waals surface area contributed by atoms with Crippen LogP contribution in [0.15, 0.2) is 10.5 Å². The Hall–Kier alpha value is -0.540. The quantitative estimate of drug-likeness (QED) is 0.771. The highest BCUT2D eigenvalue weighted by Gasteiger charge is 2.17. The van der Waals surface area contributed by atoms with E-state index in [2.05, 4.69) is 15.9 Å². The number of rotatable bonds is 1. The average molecular weight is 271 g/mol. The van der Waals surface area contributed by atoms with Gasteiger partial charge in [0.15, 0.2) is 0 Å². The van der Waals surface area contributed by atoms with E-state index in [0.29, 0.717) is 10.0 Å². The van der Waals surface area contributed by atoms with Crippen molar-refractivity contribution in [3.63, 3.8) is 0 Å². The molecule has 2 N–H and O–H groups in total. The van der Waals surface area contributed by atoms with E-state index < -0.39 is 0 Å². The van der Waals surface area contributed by atoms with Gasteiger partial charge in [-0.1, -0.05) is 6.42 Å². The minimum atomic E-state index is -0.0758. The standard InChI is InChI=1S/C12H15BrO2/c13-11-6-8-4-2-1-3-5-9(8)10(7-14)12(11)15/h6,14-15H,1-5,7H2. The van der Waals surface area contributed by atoms with Crippen molar-refractivity contribution in [3.8, 4) is 5.75 Å². The highest BCUT2D eigenvalue weighted by atomic mass is 79.9. The van der Waals surface area contributed by atoms with Crippen LogP contribution in [0.4, 0.5) is 0 Å². The Labute approximate surface area is 98.1 Å². The average Bonchev–Trinajstić information content (AvgIpc) is 2.45. The highest BCUT2D eigenvalue weighted by molar-refractivity contribution is 9.10. The van der Waals surface area contributed by atoms with E-state index in [1.54, 1.807) is 0 Å². The van der Waals surface area contributed by atoms with Crippen LogP contribution in [0.1, 0.15) is 36.0 Å². The number of hydrogen-bond acceptors (Lipinski definition) is 2. The SMILES string of the molecule is OCc1c(O)c(Br)cc2c1CCCCC2. The molecule has 2 nitrogen and oxygen atoms in total. The van der Waals surface area contributed by atoms with Crippen LogP contribution in [-0.4, -0.2) is 10.2 Å². The molecule has 15 heavy (non-hydrogen) atoms. The summed E-state index contributed by atoms with van der Waals surface area (Å²) in [4.78, 5) is 0. The third kappa shape index (κ3) is 2.04. The van der Waals surface area contributed by atoms with E-state index in [-0.39, 0.29) is 12.4 Å². The maximum atomic E-state index is 9.84. The minimum Gasteiger partial charge on any atom is -0.506 e. The topological polar surface area (TPSA) is 40.5 Å². The molecule has 1 aliphatic rings. The predicted molar refractivity (Wildman–Crippen MR) is 63.0 cm³/mol. The Morgan fingerprint density at radius 1 is 1.20 bits per heavy atom. The number of hydrogen-bond donors (Lipinski definition) is 2. The van der Waals surface area contributed by atoms with E-state index in [0.717, 1.165) is 24.8 Å². The molecule has 0 saturated heterocycles. The zero-order valence-electron chi connectivity index (χ0n) is 8.59. The fourth-order valence-electron chi connectivity index (χ4n) is 2.29. The van der Waals surface area contributed by atoms with Crippen LogP contribution in [-0.2, 0) is 19.4 Å². The molecule has 0 bridgehead atoms. The van der Waals surface area contributed by atoms with Gasteiger partial charge in [0.1, 0.15) is 5.75 Å². The number of benzene rings is 1. The molecule has 0 heterocycles. The van der Waals surface area contributed by atoms with Gasteiger partial charge in [0.05, 0.1) is 11.1 Å². The van der Waals surface area contributed by atoms with Crippen molar-refractivity contribution in [1.29, 1.82) is 0 Å². The second kappa shape index (κ2) is 4.54. The molecule has 2 rings (SSSR count). The van der Waals surface area contributed by atoms with Crippen LogP contribution in [0.25, 0.3) is 0 Å². The van der Waals surface area contributed by atoms with Crippen LogP contribution in [0.2, 0.25) is 0 Å². The Morgan fingerprint density at radius 2 is 1.93 bits per heavy atom. The van der Waals surface area contributed by atoms with Crippen molar-refractivity contribution in [2.75, 3.05) is 0 Å². The van der Waals surface area contributed by atoms with Crippen LogP contribution in [0, 0.1) is 0 Å². The number of halogens is 1. The third-order valence-electron chi connectivity index (χ3n) is 3.10. The molecular weight excluding hydrogens is 256 g/mol. The summed E-state index contributed by atoms with van der Waals surface area (Å²) in [5.74, 6) is 0.207. The minimum absolute atomic E-state index is 0.0758. The fourth-order valence-corrected chi connectivity index (χ4v) is 2.80. The first-order valence-electron chi connectivity index (χ1n) is 5.37. The van der Waals surface area contributed by atoms with Crippen LogP contribution < -0.4 is 0 Å². The van der Waals surface area contributed by atoms with Gasteiger partial charge in [-0.3, -0.25) is 0 Å². The van der Waals surface area contributed by atoms with Gasteiger partial charge in [0, 0.05) is 5.56 Å². The molecule has 0 radical (unpaired) electrons. The number of phenols is 1. The van der Waals surface area contributed by atoms with Gasteiger partial charge in [-0.05, 0) is 58.8 Å². The maximum absolute atomic E-state index is 9.84. The molecule has 1 aromatic rings. The van der Waals surface area contributed by atoms with Gasteiger partial charge in [-0.15, -0.1) is 0 Å². The number of aromatic hydroxyl groups is 1. The summed E-state index contributed by atoms with van der Waals surface area (Å²) in [5, 5.41) is 19.1. The molecule has 1 aromatic carbocycles. The number of fused-ring (bicyclic) bond motifs is 1. The van der Waals surface area contributed by atoms with Crippen molar-refractivity contribution < 1.29 is 10.2 Å². The number of aliphatic hydroxyl groups excluding tert-OH is 1. The zero-order chi connectivity index (χ0) is 10.8. The molecule has 0 atom stereocenters. The molecule has 0 amide bonds. The Bertz CT molecular complexity index is 374. The fraction of sp³-hybridized carbons (Fsp3) is 0.500. The van der Waals surface area contributed by atoms with E-state index in [4.69, 9.17) is 0 Å². The van der Waals surface area contributed by atoms with Crippen LogP contribution in [0.5, 0.6) is 5.75 Å². The summed E-state index contributed by atoms with van der Waals surface area (Å²) >= 11 is 3.33. The first-order valence-corrected chi connectivity index (χ1v) is 6.16. The lowest BCUT2D eigenvalue weighted by molar-refractivity contribution is 0.273. The third-order valence-corrected chi connectivity index (χ3v) is 3.70. The van der Waals surface area contributed by atoms with Gasteiger partial charge in [-0.2, -0.15) is 0 Å². The molecule has 82 valence electrons. The van der Waals surface area contributed by atoms with Gasteiger partial charge in [-0.25, -0.2) is 0 Å². The lowest BCUT2D eigenvalue weighted by Gasteiger charge is -2.14. The molecule has 1 aliphatic carbocycles. The summed E-state index contributed by atoms with van der Waals surface area (Å²) in [6.07, 6.45) is 5.63. The number of aliphatic hydroxyl groups is 1. The molecule has 0 aliphatic heterocycles. The van der Waals surface area contributed by atoms with E-state index in [9.17, 15) is 10.2 Å². The van der Waals surface area contributed by atoms with Crippen molar-refractivity contribution in [3.05, 3.63) is 27.2 Å². The summed E-state index contributed by atoms with van der Waals surface area (Å²) in [7, 11) is 0. The first kappa shape index (κ1) is 11.0.